The number of hydrazone groups is 1. The lowest BCUT2D eigenvalue weighted by Crippen LogP contribution is -2.33. The molecule has 0 atom stereocenters. The minimum Gasteiger partial charge on any atom is -0.477 e. The van der Waals surface area contributed by atoms with E-state index in [1.165, 1.54) is 0 Å². The Labute approximate surface area is 102 Å². The highest BCUT2D eigenvalue weighted by Gasteiger charge is 2.25. The fourth-order valence-electron chi connectivity index (χ4n) is 1.51. The van der Waals surface area contributed by atoms with Crippen LogP contribution in [-0.4, -0.2) is 37.8 Å². The zero-order valence-electron chi connectivity index (χ0n) is 9.79. The van der Waals surface area contributed by atoms with Gasteiger partial charge in [-0.25, -0.2) is 9.80 Å². The summed E-state index contributed by atoms with van der Waals surface area (Å²) in [6.07, 6.45) is 0.899. The van der Waals surface area contributed by atoms with E-state index >= 15 is 0 Å². The van der Waals surface area contributed by atoms with Crippen molar-refractivity contribution in [2.45, 2.75) is 32.7 Å². The minimum absolute atomic E-state index is 0.00259. The highest BCUT2D eigenvalue weighted by atomic mass is 16.5. The van der Waals surface area contributed by atoms with Gasteiger partial charge in [-0.15, -0.1) is 0 Å². The van der Waals surface area contributed by atoms with E-state index in [4.69, 9.17) is 9.63 Å². The number of carbonyl (C=O) groups is 2. The van der Waals surface area contributed by atoms with Gasteiger partial charge in [-0.2, -0.15) is 10.1 Å². The van der Waals surface area contributed by atoms with E-state index in [0.717, 1.165) is 5.01 Å². The van der Waals surface area contributed by atoms with Gasteiger partial charge in [0.2, 0.25) is 11.8 Å². The molecule has 0 unspecified atom stereocenters. The average Bonchev–Trinajstić information content (AvgIpc) is 2.79. The van der Waals surface area contributed by atoms with Crippen LogP contribution in [-0.2, 0) is 22.6 Å². The Morgan fingerprint density at radius 1 is 1.50 bits per heavy atom. The Hall–Kier alpha value is -2.25. The Kier molecular flexibility index (Phi) is 3.35. The van der Waals surface area contributed by atoms with Gasteiger partial charge in [0, 0.05) is 19.3 Å². The van der Waals surface area contributed by atoms with Crippen LogP contribution in [0.3, 0.4) is 0 Å². The largest absolute Gasteiger partial charge is 0.477 e. The second kappa shape index (κ2) is 4.94. The number of aromatic nitrogens is 2. The number of aliphatic carboxylic acids is 1. The molecule has 1 aliphatic rings. The smallest absolute Gasteiger partial charge is 0.352 e. The monoisotopic (exact) mass is 252 g/mol. The van der Waals surface area contributed by atoms with Crippen LogP contribution in [0.4, 0.5) is 0 Å². The third kappa shape index (κ3) is 2.53. The highest BCUT2D eigenvalue weighted by Crippen LogP contribution is 2.13. The lowest BCUT2D eigenvalue weighted by atomic mass is 10.2. The van der Waals surface area contributed by atoms with E-state index in [2.05, 4.69) is 15.2 Å². The summed E-state index contributed by atoms with van der Waals surface area (Å²) in [4.78, 5) is 26.4. The number of nitrogens with zero attached hydrogens (tertiary/aromatic N) is 4. The first kappa shape index (κ1) is 12.2. The predicted molar refractivity (Wildman–Crippen MR) is 58.5 cm³/mol. The van der Waals surface area contributed by atoms with E-state index in [9.17, 15) is 9.59 Å². The summed E-state index contributed by atoms with van der Waals surface area (Å²) in [5.74, 6) is -0.587. The average molecular weight is 252 g/mol. The number of amides is 1. The number of hydrogen-bond donors (Lipinski definition) is 1. The van der Waals surface area contributed by atoms with Gasteiger partial charge in [-0.3, -0.25) is 4.79 Å². The van der Waals surface area contributed by atoms with Gasteiger partial charge in [0.05, 0.1) is 0 Å². The van der Waals surface area contributed by atoms with E-state index in [-0.39, 0.29) is 36.9 Å². The molecule has 0 spiro atoms. The molecule has 0 bridgehead atoms. The molecule has 1 aromatic rings. The summed E-state index contributed by atoms with van der Waals surface area (Å²) < 4.78 is 4.93. The van der Waals surface area contributed by atoms with Crippen LogP contribution in [0.25, 0.3) is 0 Å². The van der Waals surface area contributed by atoms with Crippen molar-refractivity contribution in [1.82, 2.24) is 15.1 Å². The standard InChI is InChI=1S/C10H12N4O4/c1-2-7-11-8(18-13-7)5-14-9(15)4-3-6(12-14)10(16)17/h2-5H2,1H3,(H,16,17). The van der Waals surface area contributed by atoms with Gasteiger partial charge in [0.1, 0.15) is 12.3 Å². The lowest BCUT2D eigenvalue weighted by molar-refractivity contribution is -0.133. The van der Waals surface area contributed by atoms with Crippen molar-refractivity contribution in [3.8, 4) is 0 Å². The molecular weight excluding hydrogens is 240 g/mol. The Morgan fingerprint density at radius 3 is 2.89 bits per heavy atom. The van der Waals surface area contributed by atoms with Crippen LogP contribution in [0.1, 0.15) is 31.5 Å². The lowest BCUT2D eigenvalue weighted by Gasteiger charge is -2.20. The molecule has 0 saturated carbocycles. The molecule has 8 heteroatoms. The van der Waals surface area contributed by atoms with Gasteiger partial charge < -0.3 is 9.63 Å². The summed E-state index contributed by atoms with van der Waals surface area (Å²) in [5, 5.41) is 17.3. The van der Waals surface area contributed by atoms with E-state index in [0.29, 0.717) is 12.2 Å². The van der Waals surface area contributed by atoms with Gasteiger partial charge in [-0.05, 0) is 0 Å². The van der Waals surface area contributed by atoms with E-state index in [1.807, 2.05) is 6.92 Å². The van der Waals surface area contributed by atoms with Crippen molar-refractivity contribution in [1.29, 1.82) is 0 Å². The third-order valence-corrected chi connectivity index (χ3v) is 2.46. The molecule has 18 heavy (non-hydrogen) atoms. The molecule has 1 amide bonds. The third-order valence-electron chi connectivity index (χ3n) is 2.46. The number of hydrogen-bond acceptors (Lipinski definition) is 6. The highest BCUT2D eigenvalue weighted by molar-refractivity contribution is 6.36. The Bertz CT molecular complexity index is 508. The maximum atomic E-state index is 11.6. The number of carboxylic acids is 1. The fraction of sp³-hybridized carbons (Fsp3) is 0.500. The van der Waals surface area contributed by atoms with Gasteiger partial charge >= 0.3 is 5.97 Å². The van der Waals surface area contributed by atoms with Crippen LogP contribution in [0, 0.1) is 0 Å². The normalized spacial score (nSPS) is 15.7. The molecular formula is C10H12N4O4. The number of rotatable bonds is 4. The van der Waals surface area contributed by atoms with Crippen molar-refractivity contribution in [2.75, 3.05) is 0 Å². The van der Waals surface area contributed by atoms with Crippen LogP contribution in [0.15, 0.2) is 9.62 Å². The molecule has 8 nitrogen and oxygen atoms in total. The molecule has 0 fully saturated rings. The molecule has 0 aliphatic carbocycles. The van der Waals surface area contributed by atoms with Crippen molar-refractivity contribution in [3.05, 3.63) is 11.7 Å². The summed E-state index contributed by atoms with van der Waals surface area (Å²) in [6.45, 7) is 1.88. The molecule has 2 heterocycles. The summed E-state index contributed by atoms with van der Waals surface area (Å²) >= 11 is 0. The second-order valence-corrected chi connectivity index (χ2v) is 3.76. The van der Waals surface area contributed by atoms with Crippen molar-refractivity contribution in [2.24, 2.45) is 5.10 Å². The van der Waals surface area contributed by atoms with Gasteiger partial charge in [-0.1, -0.05) is 12.1 Å². The zero-order chi connectivity index (χ0) is 13.1. The molecule has 1 N–H and O–H groups in total. The van der Waals surface area contributed by atoms with Crippen LogP contribution in [0.5, 0.6) is 0 Å². The SMILES string of the molecule is CCc1noc(CN2N=C(C(=O)O)CCC2=O)n1. The molecule has 0 aromatic carbocycles. The van der Waals surface area contributed by atoms with Crippen LogP contribution >= 0.6 is 0 Å². The number of aryl methyl sites for hydroxylation is 1. The maximum absolute atomic E-state index is 11.6. The summed E-state index contributed by atoms with van der Waals surface area (Å²) in [5.41, 5.74) is -0.0372. The van der Waals surface area contributed by atoms with Gasteiger partial charge in [0.15, 0.2) is 5.82 Å². The number of carboxylic acid groups (broad SMARTS) is 1. The molecule has 2 rings (SSSR count). The predicted octanol–water partition coefficient (Wildman–Crippen LogP) is 0.195. The first-order valence-electron chi connectivity index (χ1n) is 5.52. The molecule has 0 saturated heterocycles. The van der Waals surface area contributed by atoms with Crippen LogP contribution < -0.4 is 0 Å². The minimum atomic E-state index is -1.12. The van der Waals surface area contributed by atoms with Crippen molar-refractivity contribution in [3.63, 3.8) is 0 Å². The zero-order valence-corrected chi connectivity index (χ0v) is 9.79. The fourth-order valence-corrected chi connectivity index (χ4v) is 1.51. The molecule has 1 aliphatic heterocycles. The van der Waals surface area contributed by atoms with Crippen LogP contribution in [0.2, 0.25) is 0 Å². The summed E-state index contributed by atoms with van der Waals surface area (Å²) in [7, 11) is 0. The Balaban J connectivity index is 2.13. The topological polar surface area (TPSA) is 109 Å². The van der Waals surface area contributed by atoms with Crippen molar-refractivity contribution >= 4 is 17.6 Å². The summed E-state index contributed by atoms with van der Waals surface area (Å²) in [6, 6.07) is 0. The van der Waals surface area contributed by atoms with E-state index in [1.54, 1.807) is 0 Å². The molecule has 96 valence electrons. The first-order valence-corrected chi connectivity index (χ1v) is 5.52. The second-order valence-electron chi connectivity index (χ2n) is 3.76. The number of carbonyl (C=O) groups excluding carboxylic acids is 1. The molecule has 1 aromatic heterocycles. The quantitative estimate of drug-likeness (QED) is 0.819. The first-order chi connectivity index (χ1) is 8.60. The Morgan fingerprint density at radius 2 is 2.28 bits per heavy atom. The van der Waals surface area contributed by atoms with Gasteiger partial charge in [0.25, 0.3) is 0 Å². The van der Waals surface area contributed by atoms with Crippen molar-refractivity contribution < 1.29 is 19.2 Å². The molecule has 0 radical (unpaired) electrons. The maximum Gasteiger partial charge on any atom is 0.352 e. The van der Waals surface area contributed by atoms with E-state index < -0.39 is 5.97 Å².